The molecule has 170 valence electrons. The van der Waals surface area contributed by atoms with E-state index in [2.05, 4.69) is 53.2 Å². The summed E-state index contributed by atoms with van der Waals surface area (Å²) >= 11 is 6.04. The third kappa shape index (κ3) is 4.67. The zero-order valence-electron chi connectivity index (χ0n) is 19.0. The topological polar surface area (TPSA) is 61.4 Å². The molecular weight excluding hydrogens is 434 g/mol. The Morgan fingerprint density at radius 1 is 0.909 bits per heavy atom. The first kappa shape index (κ1) is 21.7. The monoisotopic (exact) mass is 461 g/mol. The second kappa shape index (κ2) is 9.02. The molecule has 33 heavy (non-hydrogen) atoms. The Hall–Kier alpha value is -3.12. The molecule has 2 heterocycles. The third-order valence-corrected chi connectivity index (χ3v) is 6.65. The number of nitrogens with zero attached hydrogens (tertiary/aromatic N) is 4. The minimum Gasteiger partial charge on any atom is -0.368 e. The molecule has 1 atom stereocenters. The molecule has 1 fully saturated rings. The standard InChI is InChI=1S/C26H28ClN5O/c1-17-3-7-20(8-4-17)28-25-24-22(15-18(2)16-23(24)33)29-26(30-25)32-13-11-31(12-14-32)21-9-5-19(27)6-10-21/h3-10,18H,11-16H2,1-2H3,(H,28,29,30). The number of Topliss-reactive ketones (excluding diaryl/α,β-unsaturated/α-hetero) is 1. The van der Waals surface area contributed by atoms with Crippen molar-refractivity contribution in [2.75, 3.05) is 41.3 Å². The fourth-order valence-electron chi connectivity index (χ4n) is 4.58. The van der Waals surface area contributed by atoms with Gasteiger partial charge in [0.25, 0.3) is 0 Å². The maximum atomic E-state index is 12.9. The quantitative estimate of drug-likeness (QED) is 0.570. The fourth-order valence-corrected chi connectivity index (χ4v) is 4.70. The predicted molar refractivity (Wildman–Crippen MR) is 134 cm³/mol. The largest absolute Gasteiger partial charge is 0.368 e. The van der Waals surface area contributed by atoms with E-state index >= 15 is 0 Å². The highest BCUT2D eigenvalue weighted by Crippen LogP contribution is 2.32. The first-order valence-corrected chi connectivity index (χ1v) is 11.9. The number of hydrogen-bond acceptors (Lipinski definition) is 6. The van der Waals surface area contributed by atoms with Crippen LogP contribution in [0.4, 0.5) is 23.1 Å². The summed E-state index contributed by atoms with van der Waals surface area (Å²) < 4.78 is 0. The molecular formula is C26H28ClN5O. The Labute approximate surface area is 199 Å². The molecule has 2 aliphatic rings. The molecule has 0 amide bonds. The molecule has 6 nitrogen and oxygen atoms in total. The van der Waals surface area contributed by atoms with Crippen LogP contribution in [0.25, 0.3) is 0 Å². The maximum Gasteiger partial charge on any atom is 0.227 e. The lowest BCUT2D eigenvalue weighted by atomic mass is 9.87. The number of hydrogen-bond donors (Lipinski definition) is 1. The Morgan fingerprint density at radius 3 is 2.27 bits per heavy atom. The van der Waals surface area contributed by atoms with Crippen molar-refractivity contribution in [1.82, 2.24) is 9.97 Å². The van der Waals surface area contributed by atoms with Gasteiger partial charge in [-0.3, -0.25) is 4.79 Å². The molecule has 2 aromatic carbocycles. The minimum atomic E-state index is 0.123. The van der Waals surface area contributed by atoms with Crippen LogP contribution in [-0.2, 0) is 6.42 Å². The van der Waals surface area contributed by atoms with Crippen molar-refractivity contribution in [3.05, 3.63) is 70.4 Å². The molecule has 1 saturated heterocycles. The molecule has 0 bridgehead atoms. The summed E-state index contributed by atoms with van der Waals surface area (Å²) in [5.74, 6) is 1.73. The fraction of sp³-hybridized carbons (Fsp3) is 0.346. The molecule has 0 spiro atoms. The van der Waals surface area contributed by atoms with Crippen LogP contribution < -0.4 is 15.1 Å². The van der Waals surface area contributed by atoms with Crippen LogP contribution in [0.5, 0.6) is 0 Å². The molecule has 1 unspecified atom stereocenters. The molecule has 1 aliphatic heterocycles. The number of anilines is 4. The van der Waals surface area contributed by atoms with E-state index in [-0.39, 0.29) is 5.78 Å². The van der Waals surface area contributed by atoms with Gasteiger partial charge in [-0.1, -0.05) is 36.2 Å². The molecule has 3 aromatic rings. The van der Waals surface area contributed by atoms with Crippen molar-refractivity contribution in [3.63, 3.8) is 0 Å². The second-order valence-corrected chi connectivity index (χ2v) is 9.51. The Balaban J connectivity index is 1.42. The smallest absolute Gasteiger partial charge is 0.227 e. The minimum absolute atomic E-state index is 0.123. The highest BCUT2D eigenvalue weighted by atomic mass is 35.5. The normalized spacial score (nSPS) is 18.3. The highest BCUT2D eigenvalue weighted by molar-refractivity contribution is 6.30. The lowest BCUT2D eigenvalue weighted by Gasteiger charge is -2.36. The molecule has 1 aromatic heterocycles. The average molecular weight is 462 g/mol. The predicted octanol–water partition coefficient (Wildman–Crippen LogP) is 5.27. The van der Waals surface area contributed by atoms with E-state index in [4.69, 9.17) is 21.6 Å². The Bertz CT molecular complexity index is 1150. The Morgan fingerprint density at radius 2 is 1.58 bits per heavy atom. The number of nitrogens with one attached hydrogen (secondary N) is 1. The van der Waals surface area contributed by atoms with Crippen LogP contribution in [0.3, 0.4) is 0 Å². The van der Waals surface area contributed by atoms with E-state index in [1.807, 2.05) is 24.3 Å². The van der Waals surface area contributed by atoms with E-state index < -0.39 is 0 Å². The van der Waals surface area contributed by atoms with Crippen LogP contribution >= 0.6 is 11.6 Å². The summed E-state index contributed by atoms with van der Waals surface area (Å²) in [4.78, 5) is 27.2. The maximum absolute atomic E-state index is 12.9. The van der Waals surface area contributed by atoms with Gasteiger partial charge in [-0.05, 0) is 55.7 Å². The number of ketones is 1. The summed E-state index contributed by atoms with van der Waals surface area (Å²) in [5.41, 5.74) is 4.79. The number of rotatable bonds is 4. The van der Waals surface area contributed by atoms with Gasteiger partial charge in [-0.2, -0.15) is 4.98 Å². The number of benzene rings is 2. The summed E-state index contributed by atoms with van der Waals surface area (Å²) in [6, 6.07) is 16.1. The van der Waals surface area contributed by atoms with Gasteiger partial charge in [-0.25, -0.2) is 4.98 Å². The van der Waals surface area contributed by atoms with Gasteiger partial charge in [-0.15, -0.1) is 0 Å². The van der Waals surface area contributed by atoms with Crippen molar-refractivity contribution >= 4 is 40.5 Å². The van der Waals surface area contributed by atoms with Crippen LogP contribution in [0.2, 0.25) is 5.02 Å². The number of halogens is 1. The van der Waals surface area contributed by atoms with Crippen molar-refractivity contribution in [2.45, 2.75) is 26.7 Å². The zero-order chi connectivity index (χ0) is 22.9. The molecule has 0 saturated carbocycles. The average Bonchev–Trinajstić information content (AvgIpc) is 2.80. The van der Waals surface area contributed by atoms with Gasteiger partial charge in [0.05, 0.1) is 11.3 Å². The van der Waals surface area contributed by atoms with Crippen LogP contribution in [0.1, 0.15) is 35.0 Å². The van der Waals surface area contributed by atoms with E-state index in [0.717, 1.165) is 49.0 Å². The second-order valence-electron chi connectivity index (χ2n) is 9.07. The summed E-state index contributed by atoms with van der Waals surface area (Å²) in [6.45, 7) is 7.55. The van der Waals surface area contributed by atoms with Gasteiger partial charge in [0, 0.05) is 49.0 Å². The number of piperazine rings is 1. The van der Waals surface area contributed by atoms with Gasteiger partial charge in [0.1, 0.15) is 5.82 Å². The summed E-state index contributed by atoms with van der Waals surface area (Å²) in [7, 11) is 0. The van der Waals surface area contributed by atoms with Crippen LogP contribution in [0, 0.1) is 12.8 Å². The molecule has 5 rings (SSSR count). The molecule has 1 N–H and O–H groups in total. The van der Waals surface area contributed by atoms with E-state index in [0.29, 0.717) is 29.7 Å². The molecule has 1 aliphatic carbocycles. The highest BCUT2D eigenvalue weighted by Gasteiger charge is 2.30. The van der Waals surface area contributed by atoms with Crippen molar-refractivity contribution in [3.8, 4) is 0 Å². The summed E-state index contributed by atoms with van der Waals surface area (Å²) in [6.07, 6.45) is 1.34. The Kier molecular flexibility index (Phi) is 5.94. The lowest BCUT2D eigenvalue weighted by Crippen LogP contribution is -2.47. The SMILES string of the molecule is Cc1ccc(Nc2nc(N3CCN(c4ccc(Cl)cc4)CC3)nc3c2C(=O)CC(C)C3)cc1. The number of aryl methyl sites for hydroxylation is 1. The number of carbonyl (C=O) groups excluding carboxylic acids is 1. The van der Waals surface area contributed by atoms with Gasteiger partial charge in [0.15, 0.2) is 5.78 Å². The van der Waals surface area contributed by atoms with Crippen molar-refractivity contribution < 1.29 is 4.79 Å². The van der Waals surface area contributed by atoms with Crippen molar-refractivity contribution in [1.29, 1.82) is 0 Å². The molecule has 0 radical (unpaired) electrons. The van der Waals surface area contributed by atoms with Gasteiger partial charge in [0.2, 0.25) is 5.95 Å². The zero-order valence-corrected chi connectivity index (χ0v) is 19.8. The van der Waals surface area contributed by atoms with Gasteiger partial charge < -0.3 is 15.1 Å². The number of aromatic nitrogens is 2. The third-order valence-electron chi connectivity index (χ3n) is 6.40. The van der Waals surface area contributed by atoms with E-state index in [9.17, 15) is 4.79 Å². The summed E-state index contributed by atoms with van der Waals surface area (Å²) in [5, 5.41) is 4.15. The van der Waals surface area contributed by atoms with Crippen molar-refractivity contribution in [2.24, 2.45) is 5.92 Å². The number of fused-ring (bicyclic) bond motifs is 1. The first-order chi connectivity index (χ1) is 16.0. The first-order valence-electron chi connectivity index (χ1n) is 11.5. The lowest BCUT2D eigenvalue weighted by molar-refractivity contribution is 0.0952. The molecule has 7 heteroatoms. The van der Waals surface area contributed by atoms with Crippen LogP contribution in [-0.4, -0.2) is 41.9 Å². The van der Waals surface area contributed by atoms with Gasteiger partial charge >= 0.3 is 0 Å². The van der Waals surface area contributed by atoms with E-state index in [1.165, 1.54) is 11.3 Å². The number of carbonyl (C=O) groups is 1. The van der Waals surface area contributed by atoms with Crippen LogP contribution in [0.15, 0.2) is 48.5 Å². The van der Waals surface area contributed by atoms with E-state index in [1.54, 1.807) is 0 Å².